The van der Waals surface area contributed by atoms with Gasteiger partial charge in [-0.2, -0.15) is 5.10 Å². The van der Waals surface area contributed by atoms with E-state index >= 15 is 0 Å². The number of nitrogens with one attached hydrogen (secondary N) is 3. The van der Waals surface area contributed by atoms with Gasteiger partial charge in [0.2, 0.25) is 0 Å². The molecule has 3 aromatic rings. The number of aromatic nitrogens is 2. The highest BCUT2D eigenvalue weighted by atomic mass is 16.5. The van der Waals surface area contributed by atoms with Gasteiger partial charge < -0.3 is 9.47 Å². The maximum atomic E-state index is 12.5. The lowest BCUT2D eigenvalue weighted by atomic mass is 10.1. The summed E-state index contributed by atoms with van der Waals surface area (Å²) in [4.78, 5) is 36.9. The Bertz CT molecular complexity index is 1140. The molecule has 0 spiro atoms. The first-order valence-electron chi connectivity index (χ1n) is 10.0. The van der Waals surface area contributed by atoms with E-state index in [0.29, 0.717) is 35.5 Å². The third-order valence-electron chi connectivity index (χ3n) is 4.33. The molecule has 0 aliphatic rings. The minimum absolute atomic E-state index is 0.00854. The molecule has 0 fully saturated rings. The molecule has 0 aliphatic carbocycles. The smallest absolute Gasteiger partial charge is 0.290 e. The topological polar surface area (TPSA) is 122 Å². The maximum absolute atomic E-state index is 12.5. The minimum atomic E-state index is -0.661. The second-order valence-electron chi connectivity index (χ2n) is 6.71. The molecule has 3 N–H and O–H groups in total. The highest BCUT2D eigenvalue weighted by molar-refractivity contribution is 6.06. The van der Waals surface area contributed by atoms with Gasteiger partial charge in [-0.25, -0.2) is 5.10 Å². The van der Waals surface area contributed by atoms with Crippen molar-refractivity contribution >= 4 is 22.6 Å². The minimum Gasteiger partial charge on any atom is -0.490 e. The van der Waals surface area contributed by atoms with Crippen LogP contribution in [0.1, 0.15) is 47.5 Å². The number of nitrogens with zero attached hydrogens (tertiary/aromatic N) is 1. The summed E-state index contributed by atoms with van der Waals surface area (Å²) in [5, 5.41) is 6.80. The molecule has 0 unspecified atom stereocenters. The number of hydrogen-bond acceptors (Lipinski definition) is 6. The van der Waals surface area contributed by atoms with Crippen molar-refractivity contribution in [1.29, 1.82) is 0 Å². The quantitative estimate of drug-likeness (QED) is 0.478. The van der Waals surface area contributed by atoms with Crippen LogP contribution in [-0.2, 0) is 0 Å². The molecule has 0 radical (unpaired) electrons. The molecule has 162 valence electrons. The Morgan fingerprint density at radius 2 is 1.55 bits per heavy atom. The molecule has 9 nitrogen and oxygen atoms in total. The van der Waals surface area contributed by atoms with E-state index in [-0.39, 0.29) is 11.3 Å². The second-order valence-corrected chi connectivity index (χ2v) is 6.71. The summed E-state index contributed by atoms with van der Waals surface area (Å²) in [6, 6.07) is 11.4. The molecular weight excluding hydrogens is 400 g/mol. The van der Waals surface area contributed by atoms with E-state index in [0.717, 1.165) is 12.8 Å². The Labute approximate surface area is 178 Å². The first-order chi connectivity index (χ1) is 15.0. The van der Waals surface area contributed by atoms with Crippen LogP contribution in [-0.4, -0.2) is 35.2 Å². The Hall–Kier alpha value is -3.88. The Morgan fingerprint density at radius 1 is 0.903 bits per heavy atom. The van der Waals surface area contributed by atoms with Gasteiger partial charge in [-0.1, -0.05) is 32.0 Å². The lowest BCUT2D eigenvalue weighted by molar-refractivity contribution is 0.0844. The van der Waals surface area contributed by atoms with Crippen molar-refractivity contribution in [3.05, 3.63) is 64.1 Å². The summed E-state index contributed by atoms with van der Waals surface area (Å²) in [5.74, 6) is -0.181. The van der Waals surface area contributed by atoms with Gasteiger partial charge in [-0.3, -0.25) is 25.2 Å². The second kappa shape index (κ2) is 10.2. The first-order valence-corrected chi connectivity index (χ1v) is 10.0. The molecular formula is C22H24N4O5. The van der Waals surface area contributed by atoms with Gasteiger partial charge in [0, 0.05) is 10.9 Å². The number of hydrazine groups is 1. The van der Waals surface area contributed by atoms with Crippen LogP contribution in [0.3, 0.4) is 0 Å². The van der Waals surface area contributed by atoms with E-state index < -0.39 is 17.4 Å². The number of benzene rings is 2. The van der Waals surface area contributed by atoms with Crippen LogP contribution in [0.5, 0.6) is 11.5 Å². The van der Waals surface area contributed by atoms with Gasteiger partial charge in [0.25, 0.3) is 17.4 Å². The van der Waals surface area contributed by atoms with Crippen LogP contribution in [0.25, 0.3) is 10.8 Å². The molecule has 31 heavy (non-hydrogen) atoms. The zero-order valence-corrected chi connectivity index (χ0v) is 17.4. The molecule has 1 heterocycles. The van der Waals surface area contributed by atoms with E-state index in [2.05, 4.69) is 21.0 Å². The molecule has 2 aromatic carbocycles. The zero-order chi connectivity index (χ0) is 22.2. The van der Waals surface area contributed by atoms with E-state index in [4.69, 9.17) is 9.47 Å². The summed E-state index contributed by atoms with van der Waals surface area (Å²) < 4.78 is 11.4. The summed E-state index contributed by atoms with van der Waals surface area (Å²) in [6.07, 6.45) is 1.65. The van der Waals surface area contributed by atoms with Gasteiger partial charge in [0.05, 0.1) is 18.6 Å². The number of fused-ring (bicyclic) bond motifs is 1. The monoisotopic (exact) mass is 424 g/mol. The van der Waals surface area contributed by atoms with Gasteiger partial charge in [-0.05, 0) is 37.1 Å². The highest BCUT2D eigenvalue weighted by Crippen LogP contribution is 2.29. The summed E-state index contributed by atoms with van der Waals surface area (Å²) >= 11 is 0. The van der Waals surface area contributed by atoms with Crippen molar-refractivity contribution < 1.29 is 19.1 Å². The molecule has 0 bridgehead atoms. The van der Waals surface area contributed by atoms with Crippen LogP contribution in [0.2, 0.25) is 0 Å². The first kappa shape index (κ1) is 21.8. The summed E-state index contributed by atoms with van der Waals surface area (Å²) in [7, 11) is 0. The lowest BCUT2D eigenvalue weighted by Gasteiger charge is -2.14. The van der Waals surface area contributed by atoms with Crippen LogP contribution >= 0.6 is 0 Å². The number of aromatic amines is 1. The van der Waals surface area contributed by atoms with Crippen molar-refractivity contribution in [2.75, 3.05) is 13.2 Å². The van der Waals surface area contributed by atoms with Crippen LogP contribution in [0.4, 0.5) is 0 Å². The van der Waals surface area contributed by atoms with E-state index in [9.17, 15) is 14.4 Å². The molecule has 3 rings (SSSR count). The molecule has 9 heteroatoms. The fraction of sp³-hybridized carbons (Fsp3) is 0.273. The molecule has 0 aliphatic heterocycles. The number of ether oxygens (including phenoxy) is 2. The third kappa shape index (κ3) is 5.19. The van der Waals surface area contributed by atoms with Gasteiger partial charge in [0.15, 0.2) is 17.2 Å². The van der Waals surface area contributed by atoms with Crippen molar-refractivity contribution in [3.8, 4) is 11.5 Å². The molecule has 1 aromatic heterocycles. The number of carbonyl (C=O) groups excluding carboxylic acids is 2. The highest BCUT2D eigenvalue weighted by Gasteiger charge is 2.16. The lowest BCUT2D eigenvalue weighted by Crippen LogP contribution is -2.42. The average Bonchev–Trinajstić information content (AvgIpc) is 2.80. The zero-order valence-electron chi connectivity index (χ0n) is 17.4. The number of amides is 2. The normalized spacial score (nSPS) is 10.5. The summed E-state index contributed by atoms with van der Waals surface area (Å²) in [6.45, 7) is 4.99. The Kier molecular flexibility index (Phi) is 7.21. The maximum Gasteiger partial charge on any atom is 0.290 e. The van der Waals surface area contributed by atoms with Crippen molar-refractivity contribution in [3.63, 3.8) is 0 Å². The van der Waals surface area contributed by atoms with Gasteiger partial charge in [-0.15, -0.1) is 0 Å². The summed E-state index contributed by atoms with van der Waals surface area (Å²) in [5.41, 5.74) is 4.56. The SMILES string of the molecule is CCCOc1ccc(C(=O)NNC(=O)c2n[nH]c(=O)c3ccccc23)cc1OCCC. The Balaban J connectivity index is 1.74. The number of H-pyrrole nitrogens is 1. The van der Waals surface area contributed by atoms with Crippen molar-refractivity contribution in [2.24, 2.45) is 0 Å². The standard InChI is InChI=1S/C22H24N4O5/c1-3-11-30-17-10-9-14(13-18(17)31-12-4-2)20(27)24-26-22(29)19-15-7-5-6-8-16(15)21(28)25-23-19/h5-10,13H,3-4,11-12H2,1-2H3,(H,24,27)(H,25,28)(H,26,29). The fourth-order valence-corrected chi connectivity index (χ4v) is 2.84. The molecule has 0 atom stereocenters. The predicted molar refractivity (Wildman–Crippen MR) is 115 cm³/mol. The van der Waals surface area contributed by atoms with Crippen LogP contribution < -0.4 is 25.9 Å². The molecule has 0 saturated heterocycles. The van der Waals surface area contributed by atoms with Gasteiger partial charge in [0.1, 0.15) is 0 Å². The Morgan fingerprint density at radius 3 is 2.26 bits per heavy atom. The van der Waals surface area contributed by atoms with Gasteiger partial charge >= 0.3 is 0 Å². The third-order valence-corrected chi connectivity index (χ3v) is 4.33. The molecule has 0 saturated carbocycles. The average molecular weight is 424 g/mol. The number of carbonyl (C=O) groups is 2. The van der Waals surface area contributed by atoms with E-state index in [1.165, 1.54) is 0 Å². The number of rotatable bonds is 8. The van der Waals surface area contributed by atoms with Crippen LogP contribution in [0.15, 0.2) is 47.3 Å². The number of hydrogen-bond donors (Lipinski definition) is 3. The van der Waals surface area contributed by atoms with Crippen molar-refractivity contribution in [1.82, 2.24) is 21.0 Å². The molecule has 2 amide bonds. The van der Waals surface area contributed by atoms with Crippen LogP contribution in [0, 0.1) is 0 Å². The predicted octanol–water partition coefficient (Wildman–Crippen LogP) is 2.58. The largest absolute Gasteiger partial charge is 0.490 e. The van der Waals surface area contributed by atoms with Crippen molar-refractivity contribution in [2.45, 2.75) is 26.7 Å². The fourth-order valence-electron chi connectivity index (χ4n) is 2.84. The van der Waals surface area contributed by atoms with E-state index in [1.807, 2.05) is 13.8 Å². The van der Waals surface area contributed by atoms with E-state index in [1.54, 1.807) is 42.5 Å².